The van der Waals surface area contributed by atoms with E-state index in [2.05, 4.69) is 10.3 Å². The summed E-state index contributed by atoms with van der Waals surface area (Å²) in [5, 5.41) is 36.9. The van der Waals surface area contributed by atoms with E-state index in [1.165, 1.54) is 6.92 Å². The normalized spacial score (nSPS) is 68.9. The molecular weight excluding hydrogens is 270 g/mol. The van der Waals surface area contributed by atoms with Gasteiger partial charge in [-0.25, -0.2) is 4.99 Å². The molecule has 0 amide bonds. The fraction of sp³-hybridized carbons (Fsp3) is 0.909. The van der Waals surface area contributed by atoms with Crippen LogP contribution in [-0.2, 0) is 14.2 Å². The van der Waals surface area contributed by atoms with Crippen molar-refractivity contribution in [1.29, 1.82) is 0 Å². The average Bonchev–Trinajstić information content (AvgIpc) is 2.51. The van der Waals surface area contributed by atoms with Gasteiger partial charge in [0.2, 0.25) is 0 Å². The van der Waals surface area contributed by atoms with Gasteiger partial charge in [0.25, 0.3) is 0 Å². The highest BCUT2D eigenvalue weighted by molar-refractivity contribution is 5.80. The lowest BCUT2D eigenvalue weighted by Crippen LogP contribution is -2.93. The van der Waals surface area contributed by atoms with E-state index >= 15 is 0 Å². The van der Waals surface area contributed by atoms with Gasteiger partial charge >= 0.3 is 0 Å². The molecule has 6 aliphatic rings. The first-order chi connectivity index (χ1) is 9.31. The third-order valence-electron chi connectivity index (χ3n) is 5.34. The maximum absolute atomic E-state index is 12.7. The molecule has 1 aliphatic carbocycles. The van der Waals surface area contributed by atoms with E-state index < -0.39 is 53.7 Å². The lowest BCUT2D eigenvalue weighted by atomic mass is 9.57. The second-order valence-corrected chi connectivity index (χ2v) is 6.36. The standard InChI is InChI=1S/C11H14N3O6/c1-9(16)4-2-6-13-8(12)14-10(2)3(15)5(9)20-11(17,19-4)7(10)18-6/h2-7,15-16H,1H3,(H3,12,13,14)/q-1/t2-,3+,4-,5+,6+,7+,9-,10-,11+/m1/s1. The summed E-state index contributed by atoms with van der Waals surface area (Å²) in [6.07, 6.45) is -4.85. The molecule has 1 spiro atoms. The molecule has 0 aromatic carbocycles. The Morgan fingerprint density at radius 3 is 2.85 bits per heavy atom. The van der Waals surface area contributed by atoms with Gasteiger partial charge in [-0.2, -0.15) is 0 Å². The van der Waals surface area contributed by atoms with Gasteiger partial charge in [0, 0.05) is 0 Å². The summed E-state index contributed by atoms with van der Waals surface area (Å²) in [4.78, 5) is 4.11. The SMILES string of the molecule is C[C@@]1(O)[C@@H]2O[C@]3([O-])O[C@H]1[C@H](O)[C@@]14NC(N)=N[C@@H](O[C@H]31)[C@@H]24. The maximum Gasteiger partial charge on any atom is 0.191 e. The van der Waals surface area contributed by atoms with Crippen LogP contribution in [0.1, 0.15) is 6.92 Å². The third-order valence-corrected chi connectivity index (χ3v) is 5.34. The van der Waals surface area contributed by atoms with Crippen molar-refractivity contribution in [3.63, 3.8) is 0 Å². The molecule has 7 bridgehead atoms. The molecule has 0 radical (unpaired) electrons. The van der Waals surface area contributed by atoms with Gasteiger partial charge in [-0.15, -0.1) is 0 Å². The van der Waals surface area contributed by atoms with Crippen LogP contribution in [0.15, 0.2) is 4.99 Å². The van der Waals surface area contributed by atoms with Gasteiger partial charge < -0.3 is 40.6 Å². The van der Waals surface area contributed by atoms with Crippen molar-refractivity contribution in [3.8, 4) is 0 Å². The van der Waals surface area contributed by atoms with Crippen molar-refractivity contribution < 1.29 is 29.5 Å². The van der Waals surface area contributed by atoms with Crippen molar-refractivity contribution in [2.45, 2.75) is 54.7 Å². The van der Waals surface area contributed by atoms with Crippen molar-refractivity contribution in [2.24, 2.45) is 16.6 Å². The van der Waals surface area contributed by atoms with E-state index in [1.54, 1.807) is 0 Å². The number of guanidine groups is 1. The van der Waals surface area contributed by atoms with Crippen LogP contribution < -0.4 is 16.2 Å². The number of aliphatic hydroxyl groups excluding tert-OH is 1. The molecule has 5 aliphatic heterocycles. The molecule has 9 heteroatoms. The summed E-state index contributed by atoms with van der Waals surface area (Å²) >= 11 is 0. The first-order valence-electron chi connectivity index (χ1n) is 6.54. The second-order valence-electron chi connectivity index (χ2n) is 6.36. The van der Waals surface area contributed by atoms with E-state index in [-0.39, 0.29) is 5.96 Å². The van der Waals surface area contributed by atoms with E-state index in [9.17, 15) is 15.3 Å². The quantitative estimate of drug-likeness (QED) is 0.352. The fourth-order valence-electron chi connectivity index (χ4n) is 4.58. The van der Waals surface area contributed by atoms with Crippen molar-refractivity contribution >= 4 is 5.96 Å². The molecule has 20 heavy (non-hydrogen) atoms. The van der Waals surface area contributed by atoms with Crippen LogP contribution in [0.5, 0.6) is 0 Å². The Hall–Kier alpha value is -0.970. The van der Waals surface area contributed by atoms with Gasteiger partial charge in [-0.3, -0.25) is 0 Å². The van der Waals surface area contributed by atoms with Crippen molar-refractivity contribution in [3.05, 3.63) is 0 Å². The predicted molar refractivity (Wildman–Crippen MR) is 58.7 cm³/mol. The first kappa shape index (κ1) is 11.7. The fourth-order valence-corrected chi connectivity index (χ4v) is 4.58. The summed E-state index contributed by atoms with van der Waals surface area (Å²) in [6, 6.07) is 0. The average molecular weight is 284 g/mol. The number of rotatable bonds is 0. The first-order valence-corrected chi connectivity index (χ1v) is 6.54. The Morgan fingerprint density at radius 2 is 2.10 bits per heavy atom. The monoisotopic (exact) mass is 284 g/mol. The zero-order valence-corrected chi connectivity index (χ0v) is 10.5. The van der Waals surface area contributed by atoms with Crippen LogP contribution in [-0.4, -0.2) is 63.9 Å². The molecular formula is C11H14N3O6-. The zero-order valence-electron chi connectivity index (χ0n) is 10.5. The van der Waals surface area contributed by atoms with Gasteiger partial charge in [0.1, 0.15) is 41.5 Å². The molecule has 9 nitrogen and oxygen atoms in total. The Bertz CT molecular complexity index is 554. The molecule has 5 heterocycles. The van der Waals surface area contributed by atoms with Gasteiger partial charge in [0.05, 0.1) is 5.92 Å². The van der Waals surface area contributed by atoms with E-state index in [1.807, 2.05) is 0 Å². The highest BCUT2D eigenvalue weighted by Gasteiger charge is 2.83. The van der Waals surface area contributed by atoms with E-state index in [4.69, 9.17) is 19.9 Å². The smallest absolute Gasteiger partial charge is 0.191 e. The number of aliphatic imine (C=N–C) groups is 1. The Kier molecular flexibility index (Phi) is 1.65. The number of aliphatic hydroxyl groups is 2. The lowest BCUT2D eigenvalue weighted by molar-refractivity contribution is -0.699. The minimum atomic E-state index is -2.27. The molecule has 0 aromatic heterocycles. The summed E-state index contributed by atoms with van der Waals surface area (Å²) in [7, 11) is 0. The number of nitrogens with two attached hydrogens (primary N) is 1. The van der Waals surface area contributed by atoms with Crippen molar-refractivity contribution in [1.82, 2.24) is 5.32 Å². The van der Waals surface area contributed by atoms with E-state index in [0.717, 1.165) is 0 Å². The molecule has 0 unspecified atom stereocenters. The third kappa shape index (κ3) is 0.892. The lowest BCUT2D eigenvalue weighted by Gasteiger charge is -2.72. The summed E-state index contributed by atoms with van der Waals surface area (Å²) in [6.45, 7) is 1.49. The van der Waals surface area contributed by atoms with Gasteiger partial charge in [-0.1, -0.05) is 0 Å². The molecule has 110 valence electrons. The molecule has 4 saturated heterocycles. The summed E-state index contributed by atoms with van der Waals surface area (Å²) in [5.41, 5.74) is 3.11. The minimum Gasteiger partial charge on any atom is -0.805 e. The molecule has 6 rings (SSSR count). The van der Waals surface area contributed by atoms with Gasteiger partial charge in [0.15, 0.2) is 12.2 Å². The maximum atomic E-state index is 12.7. The topological polar surface area (TPSA) is 142 Å². The van der Waals surface area contributed by atoms with Gasteiger partial charge in [-0.05, 0) is 6.92 Å². The van der Waals surface area contributed by atoms with E-state index in [0.29, 0.717) is 0 Å². The Labute approximate surface area is 113 Å². The molecule has 1 saturated carbocycles. The van der Waals surface area contributed by atoms with Crippen LogP contribution in [0, 0.1) is 5.92 Å². The molecule has 5 fully saturated rings. The zero-order chi connectivity index (χ0) is 14.1. The predicted octanol–water partition coefficient (Wildman–Crippen LogP) is -4.08. The van der Waals surface area contributed by atoms with Crippen molar-refractivity contribution in [2.75, 3.05) is 0 Å². The Balaban J connectivity index is 1.79. The number of nitrogens with one attached hydrogen (secondary N) is 1. The molecule has 5 N–H and O–H groups in total. The largest absolute Gasteiger partial charge is 0.805 e. The number of ether oxygens (including phenoxy) is 3. The number of hydrogen-bond donors (Lipinski definition) is 4. The van der Waals surface area contributed by atoms with Crippen LogP contribution in [0.2, 0.25) is 0 Å². The van der Waals surface area contributed by atoms with Crippen LogP contribution in [0.3, 0.4) is 0 Å². The molecule has 9 atom stereocenters. The highest BCUT2D eigenvalue weighted by atomic mass is 16.9. The highest BCUT2D eigenvalue weighted by Crippen LogP contribution is 2.62. The van der Waals surface area contributed by atoms with Crippen LogP contribution in [0.4, 0.5) is 0 Å². The van der Waals surface area contributed by atoms with Crippen LogP contribution in [0.25, 0.3) is 0 Å². The molecule has 0 aromatic rings. The van der Waals surface area contributed by atoms with Crippen LogP contribution >= 0.6 is 0 Å². The second kappa shape index (κ2) is 2.82. The summed E-state index contributed by atoms with van der Waals surface area (Å²) in [5.74, 6) is -2.65. The summed E-state index contributed by atoms with van der Waals surface area (Å²) < 4.78 is 16.3. The Morgan fingerprint density at radius 1 is 1.40 bits per heavy atom. The minimum absolute atomic E-state index is 0.109. The number of nitrogens with zero attached hydrogens (tertiary/aromatic N) is 1. The number of hydrogen-bond acceptors (Lipinski definition) is 9.